The number of aromatic nitrogens is 9. The van der Waals surface area contributed by atoms with E-state index >= 15 is 0 Å². The Hall–Kier alpha value is -8.43. The first-order valence-electron chi connectivity index (χ1n) is 19.6. The maximum atomic E-state index is 5.31. The summed E-state index contributed by atoms with van der Waals surface area (Å²) >= 11 is 0. The van der Waals surface area contributed by atoms with E-state index in [-0.39, 0.29) is 0 Å². The lowest BCUT2D eigenvalue weighted by atomic mass is 9.90. The van der Waals surface area contributed by atoms with Gasteiger partial charge in [0.25, 0.3) is 0 Å². The lowest BCUT2D eigenvalue weighted by molar-refractivity contribution is 1.08. The van der Waals surface area contributed by atoms with E-state index in [1.54, 1.807) is 12.4 Å². The second-order valence-corrected chi connectivity index (χ2v) is 14.7. The molecule has 0 amide bonds. The summed E-state index contributed by atoms with van der Waals surface area (Å²) in [6, 6.07) is 47.1. The van der Waals surface area contributed by atoms with Crippen molar-refractivity contribution in [3.63, 3.8) is 0 Å². The monoisotopic (exact) mass is 767 g/mol. The molecule has 278 valence electrons. The van der Waals surface area contributed by atoms with Crippen LogP contribution in [0.2, 0.25) is 0 Å². The molecule has 0 saturated heterocycles. The van der Waals surface area contributed by atoms with Crippen molar-refractivity contribution in [2.75, 3.05) is 0 Å². The van der Waals surface area contributed by atoms with Gasteiger partial charge in [-0.15, -0.1) is 0 Å². The van der Waals surface area contributed by atoms with Gasteiger partial charge in [0.1, 0.15) is 0 Å². The van der Waals surface area contributed by atoms with Gasteiger partial charge in [-0.1, -0.05) is 60.7 Å². The summed E-state index contributed by atoms with van der Waals surface area (Å²) in [5, 5.41) is 5.92. The van der Waals surface area contributed by atoms with Crippen molar-refractivity contribution in [2.45, 2.75) is 0 Å². The summed E-state index contributed by atoms with van der Waals surface area (Å²) in [6.45, 7) is 0. The van der Waals surface area contributed by atoms with E-state index in [2.05, 4.69) is 54.6 Å². The predicted octanol–water partition coefficient (Wildman–Crippen LogP) is 11.5. The molecule has 0 N–H and O–H groups in total. The predicted molar refractivity (Wildman–Crippen MR) is 239 cm³/mol. The van der Waals surface area contributed by atoms with Crippen molar-refractivity contribution in [1.82, 2.24) is 44.9 Å². The van der Waals surface area contributed by atoms with Crippen LogP contribution >= 0.6 is 0 Å². The fourth-order valence-corrected chi connectivity index (χ4v) is 8.47. The highest BCUT2D eigenvalue weighted by atomic mass is 15.0. The van der Waals surface area contributed by atoms with Crippen LogP contribution in [0.1, 0.15) is 0 Å². The molecule has 0 spiro atoms. The SMILES string of the molecule is c1cnc2c(-c3nc(-c4cc(-c5c6cccnc6cc6cccnc56)cc(-c5c6cccnc6cc6cccnc56)c4)nc(-c4cccc5cccnc45)n3)cccc2c1. The zero-order valence-corrected chi connectivity index (χ0v) is 31.8. The molecule has 0 aliphatic carbocycles. The Morgan fingerprint density at radius 3 is 1.17 bits per heavy atom. The minimum absolute atomic E-state index is 0.491. The standard InChI is InChI=1S/C51H29N9/c1-9-30-11-3-21-54-45(30)39(15-1)50-58-49(59-51(60-50)40-16-2-10-31-12-4-22-55-46(31)40)36-26-34(43-37-17-7-19-52-41(37)28-32-13-5-23-56-47(32)43)25-35(27-36)44-38-18-8-20-53-42(38)29-33-14-6-24-57-48(33)44/h1-29H. The minimum atomic E-state index is 0.491. The number of fused-ring (bicyclic) bond motifs is 6. The number of rotatable bonds is 5. The van der Waals surface area contributed by atoms with Crippen LogP contribution in [0.3, 0.4) is 0 Å². The lowest BCUT2D eigenvalue weighted by Gasteiger charge is -2.17. The Kier molecular flexibility index (Phi) is 7.64. The van der Waals surface area contributed by atoms with Gasteiger partial charge in [-0.05, 0) is 90.0 Å². The summed E-state index contributed by atoms with van der Waals surface area (Å²) in [5.41, 5.74) is 11.2. The zero-order chi connectivity index (χ0) is 39.6. The largest absolute Gasteiger partial charge is 0.256 e. The molecule has 0 unspecified atom stereocenters. The first-order valence-corrected chi connectivity index (χ1v) is 19.6. The highest BCUT2D eigenvalue weighted by Gasteiger charge is 2.21. The van der Waals surface area contributed by atoms with Crippen LogP contribution in [0.25, 0.3) is 122 Å². The van der Waals surface area contributed by atoms with E-state index in [9.17, 15) is 0 Å². The number of nitrogens with zero attached hydrogens (tertiary/aromatic N) is 9. The van der Waals surface area contributed by atoms with E-state index < -0.39 is 0 Å². The molecule has 0 saturated carbocycles. The first kappa shape index (κ1) is 33.7. The Labute approximate surface area is 342 Å². The van der Waals surface area contributed by atoms with Crippen molar-refractivity contribution >= 4 is 65.4 Å². The Morgan fingerprint density at radius 1 is 0.283 bits per heavy atom. The van der Waals surface area contributed by atoms with Crippen LogP contribution in [0.4, 0.5) is 0 Å². The quantitative estimate of drug-likeness (QED) is 0.158. The van der Waals surface area contributed by atoms with Crippen LogP contribution in [-0.2, 0) is 0 Å². The molecular weight excluding hydrogens is 739 g/mol. The maximum absolute atomic E-state index is 5.31. The fourth-order valence-electron chi connectivity index (χ4n) is 8.47. The van der Waals surface area contributed by atoms with Crippen LogP contribution in [0, 0.1) is 0 Å². The third kappa shape index (κ3) is 5.52. The van der Waals surface area contributed by atoms with Gasteiger partial charge < -0.3 is 0 Å². The van der Waals surface area contributed by atoms with Gasteiger partial charge >= 0.3 is 0 Å². The molecule has 9 heteroatoms. The lowest BCUT2D eigenvalue weighted by Crippen LogP contribution is -2.02. The average Bonchev–Trinajstić information content (AvgIpc) is 3.31. The van der Waals surface area contributed by atoms with Gasteiger partial charge in [0.15, 0.2) is 17.5 Å². The van der Waals surface area contributed by atoms with E-state index in [1.807, 2.05) is 110 Å². The molecule has 5 aromatic carbocycles. The van der Waals surface area contributed by atoms with Crippen molar-refractivity contribution < 1.29 is 0 Å². The van der Waals surface area contributed by atoms with Gasteiger partial charge in [0.05, 0.1) is 33.1 Å². The van der Waals surface area contributed by atoms with Crippen LogP contribution < -0.4 is 0 Å². The van der Waals surface area contributed by atoms with Gasteiger partial charge in [-0.3, -0.25) is 29.9 Å². The summed E-state index contributed by atoms with van der Waals surface area (Å²) in [7, 11) is 0. The Balaban J connectivity index is 1.21. The maximum Gasteiger partial charge on any atom is 0.166 e. The molecule has 12 aromatic rings. The van der Waals surface area contributed by atoms with Crippen molar-refractivity contribution in [3.8, 4) is 56.4 Å². The number of benzene rings is 5. The number of hydrogen-bond acceptors (Lipinski definition) is 9. The highest BCUT2D eigenvalue weighted by molar-refractivity contribution is 6.13. The van der Waals surface area contributed by atoms with E-state index in [1.165, 1.54) is 0 Å². The van der Waals surface area contributed by atoms with Gasteiger partial charge in [0, 0.05) is 97.3 Å². The fraction of sp³-hybridized carbons (Fsp3) is 0. The summed E-state index contributed by atoms with van der Waals surface area (Å²) < 4.78 is 0. The molecule has 0 atom stereocenters. The smallest absolute Gasteiger partial charge is 0.166 e. The summed E-state index contributed by atoms with van der Waals surface area (Å²) in [5.74, 6) is 1.49. The Morgan fingerprint density at radius 2 is 0.667 bits per heavy atom. The number of para-hydroxylation sites is 2. The van der Waals surface area contributed by atoms with Gasteiger partial charge in [-0.25, -0.2) is 15.0 Å². The average molecular weight is 768 g/mol. The molecule has 7 heterocycles. The minimum Gasteiger partial charge on any atom is -0.256 e. The summed E-state index contributed by atoms with van der Waals surface area (Å²) in [4.78, 5) is 45.0. The Bertz CT molecular complexity index is 3350. The third-order valence-electron chi connectivity index (χ3n) is 11.1. The van der Waals surface area contributed by atoms with Gasteiger partial charge in [0.2, 0.25) is 0 Å². The van der Waals surface area contributed by atoms with Crippen molar-refractivity contribution in [2.24, 2.45) is 0 Å². The zero-order valence-electron chi connectivity index (χ0n) is 31.8. The molecule has 9 nitrogen and oxygen atoms in total. The molecule has 0 aliphatic heterocycles. The molecule has 0 aliphatic rings. The number of pyridine rings is 6. The van der Waals surface area contributed by atoms with Crippen molar-refractivity contribution in [1.29, 1.82) is 0 Å². The van der Waals surface area contributed by atoms with E-state index in [0.717, 1.165) is 104 Å². The second-order valence-electron chi connectivity index (χ2n) is 14.7. The van der Waals surface area contributed by atoms with E-state index in [0.29, 0.717) is 17.5 Å². The molecule has 60 heavy (non-hydrogen) atoms. The molecular formula is C51H29N9. The first-order chi connectivity index (χ1) is 29.7. The third-order valence-corrected chi connectivity index (χ3v) is 11.1. The molecule has 0 fully saturated rings. The molecule has 0 radical (unpaired) electrons. The topological polar surface area (TPSA) is 116 Å². The second kappa shape index (κ2) is 13.6. The van der Waals surface area contributed by atoms with Crippen LogP contribution in [0.15, 0.2) is 177 Å². The molecule has 7 aromatic heterocycles. The molecule has 12 rings (SSSR count). The van der Waals surface area contributed by atoms with Crippen molar-refractivity contribution in [3.05, 3.63) is 177 Å². The van der Waals surface area contributed by atoms with Gasteiger partial charge in [-0.2, -0.15) is 0 Å². The normalized spacial score (nSPS) is 11.7. The van der Waals surface area contributed by atoms with Crippen LogP contribution in [0.5, 0.6) is 0 Å². The summed E-state index contributed by atoms with van der Waals surface area (Å²) in [6.07, 6.45) is 10.9. The number of hydrogen-bond donors (Lipinski definition) is 0. The van der Waals surface area contributed by atoms with E-state index in [4.69, 9.17) is 44.9 Å². The molecule has 0 bridgehead atoms. The van der Waals surface area contributed by atoms with Crippen LogP contribution in [-0.4, -0.2) is 44.9 Å². The highest BCUT2D eigenvalue weighted by Crippen LogP contribution is 2.42.